The molecule has 0 aliphatic carbocycles. The van der Waals surface area contributed by atoms with E-state index in [9.17, 15) is 8.42 Å². The van der Waals surface area contributed by atoms with Crippen LogP contribution in [0.3, 0.4) is 0 Å². The molecule has 7 heteroatoms. The number of hydrogen-bond donors (Lipinski definition) is 0. The monoisotopic (exact) mass is 324 g/mol. The number of rotatable bonds is 3. The topological polar surface area (TPSA) is 62.9 Å². The van der Waals surface area contributed by atoms with Gasteiger partial charge in [0.15, 0.2) is 0 Å². The number of furan rings is 1. The Balaban J connectivity index is 2.06. The molecule has 1 atom stereocenters. The minimum Gasteiger partial charge on any atom is -0.469 e. The van der Waals surface area contributed by atoms with E-state index in [-0.39, 0.29) is 6.04 Å². The highest BCUT2D eigenvalue weighted by Crippen LogP contribution is 2.37. The Hall–Kier alpha value is -1.60. The van der Waals surface area contributed by atoms with Crippen molar-refractivity contribution in [3.05, 3.63) is 45.5 Å². The van der Waals surface area contributed by atoms with E-state index < -0.39 is 10.0 Å². The molecule has 0 saturated carbocycles. The second-order valence-electron chi connectivity index (χ2n) is 5.17. The van der Waals surface area contributed by atoms with Crippen molar-refractivity contribution in [3.8, 4) is 0 Å². The molecule has 0 aromatic carbocycles. The first-order valence-electron chi connectivity index (χ1n) is 6.53. The fourth-order valence-electron chi connectivity index (χ4n) is 2.64. The van der Waals surface area contributed by atoms with E-state index in [4.69, 9.17) is 4.42 Å². The number of hydrazone groups is 1. The lowest BCUT2D eigenvalue weighted by atomic mass is 10.0. The van der Waals surface area contributed by atoms with Crippen molar-refractivity contribution in [3.63, 3.8) is 0 Å². The molecule has 0 amide bonds. The molecule has 21 heavy (non-hydrogen) atoms. The standard InChI is InChI=1S/C14H16N2O3S2/c1-9-8-19-10(2)14(9)11-7-12(13-5-4-6-20-13)16(15-11)21(3,17)18/h4-6,8,12H,7H2,1-3H3. The maximum atomic E-state index is 12.0. The normalized spacial score (nSPS) is 19.1. The molecule has 1 aliphatic heterocycles. The molecular formula is C14H16N2O3S2. The molecule has 0 bridgehead atoms. The first-order valence-corrected chi connectivity index (χ1v) is 9.26. The van der Waals surface area contributed by atoms with Crippen LogP contribution in [0.4, 0.5) is 0 Å². The Labute approximate surface area is 127 Å². The van der Waals surface area contributed by atoms with Crippen LogP contribution in [0.5, 0.6) is 0 Å². The zero-order valence-electron chi connectivity index (χ0n) is 12.0. The second-order valence-corrected chi connectivity index (χ2v) is 7.99. The highest BCUT2D eigenvalue weighted by molar-refractivity contribution is 7.88. The van der Waals surface area contributed by atoms with Crippen molar-refractivity contribution in [1.82, 2.24) is 4.41 Å². The summed E-state index contributed by atoms with van der Waals surface area (Å²) in [5.41, 5.74) is 2.66. The average Bonchev–Trinajstić information content (AvgIpc) is 3.07. The average molecular weight is 324 g/mol. The fourth-order valence-corrected chi connectivity index (χ4v) is 4.42. The summed E-state index contributed by atoms with van der Waals surface area (Å²) in [5.74, 6) is 0.770. The van der Waals surface area contributed by atoms with Crippen LogP contribution >= 0.6 is 11.3 Å². The molecule has 112 valence electrons. The molecule has 3 heterocycles. The maximum absolute atomic E-state index is 12.0. The van der Waals surface area contributed by atoms with Gasteiger partial charge in [-0.15, -0.1) is 11.3 Å². The lowest BCUT2D eigenvalue weighted by Gasteiger charge is -2.19. The molecule has 2 aromatic heterocycles. The molecule has 0 radical (unpaired) electrons. The van der Waals surface area contributed by atoms with E-state index in [0.29, 0.717) is 6.42 Å². The quantitative estimate of drug-likeness (QED) is 0.871. The Morgan fingerprint density at radius 1 is 1.43 bits per heavy atom. The molecule has 1 unspecified atom stereocenters. The third kappa shape index (κ3) is 2.51. The summed E-state index contributed by atoms with van der Waals surface area (Å²) in [6.45, 7) is 3.81. The first-order chi connectivity index (χ1) is 9.88. The van der Waals surface area contributed by atoms with E-state index in [0.717, 1.165) is 27.5 Å². The van der Waals surface area contributed by atoms with Crippen LogP contribution in [0.25, 0.3) is 0 Å². The maximum Gasteiger partial charge on any atom is 0.247 e. The highest BCUT2D eigenvalue weighted by Gasteiger charge is 2.36. The van der Waals surface area contributed by atoms with Crippen LogP contribution in [0.15, 0.2) is 33.3 Å². The third-order valence-electron chi connectivity index (χ3n) is 3.53. The van der Waals surface area contributed by atoms with E-state index >= 15 is 0 Å². The van der Waals surface area contributed by atoms with Crippen molar-refractivity contribution in [2.45, 2.75) is 26.3 Å². The Morgan fingerprint density at radius 2 is 2.19 bits per heavy atom. The number of aryl methyl sites for hydroxylation is 2. The van der Waals surface area contributed by atoms with Gasteiger partial charge in [-0.2, -0.15) is 9.52 Å². The van der Waals surface area contributed by atoms with Gasteiger partial charge < -0.3 is 4.42 Å². The van der Waals surface area contributed by atoms with Gasteiger partial charge in [0, 0.05) is 16.9 Å². The van der Waals surface area contributed by atoms with Crippen LogP contribution in [-0.4, -0.2) is 24.8 Å². The van der Waals surface area contributed by atoms with Gasteiger partial charge in [-0.05, 0) is 30.9 Å². The minimum absolute atomic E-state index is 0.260. The van der Waals surface area contributed by atoms with Crippen molar-refractivity contribution in [2.24, 2.45) is 5.10 Å². The predicted octanol–water partition coefficient (Wildman–Crippen LogP) is 3.07. The second kappa shape index (κ2) is 4.99. The van der Waals surface area contributed by atoms with Gasteiger partial charge in [-0.3, -0.25) is 0 Å². The van der Waals surface area contributed by atoms with Crippen LogP contribution in [-0.2, 0) is 10.0 Å². The van der Waals surface area contributed by atoms with Gasteiger partial charge in [0.1, 0.15) is 11.8 Å². The summed E-state index contributed by atoms with van der Waals surface area (Å²) in [5, 5.41) is 6.32. The van der Waals surface area contributed by atoms with Crippen molar-refractivity contribution in [2.75, 3.05) is 6.26 Å². The largest absolute Gasteiger partial charge is 0.469 e. The van der Waals surface area contributed by atoms with E-state index in [1.807, 2.05) is 31.4 Å². The van der Waals surface area contributed by atoms with Crippen LogP contribution in [0.1, 0.15) is 34.2 Å². The number of hydrogen-bond acceptors (Lipinski definition) is 5. The third-order valence-corrected chi connectivity index (χ3v) is 5.52. The van der Waals surface area contributed by atoms with E-state index in [1.165, 1.54) is 10.7 Å². The Bertz CT molecular complexity index is 769. The summed E-state index contributed by atoms with van der Waals surface area (Å²) in [4.78, 5) is 0.998. The SMILES string of the molecule is Cc1coc(C)c1C1=NN(S(C)(=O)=O)C(c2cccs2)C1. The molecule has 0 fully saturated rings. The van der Waals surface area contributed by atoms with Gasteiger partial charge in [0.25, 0.3) is 0 Å². The summed E-state index contributed by atoms with van der Waals surface area (Å²) in [6.07, 6.45) is 3.43. The number of sulfonamides is 1. The van der Waals surface area contributed by atoms with Gasteiger partial charge in [-0.1, -0.05) is 6.07 Å². The Morgan fingerprint density at radius 3 is 2.71 bits per heavy atom. The summed E-state index contributed by atoms with van der Waals surface area (Å²) in [6, 6.07) is 3.61. The van der Waals surface area contributed by atoms with E-state index in [2.05, 4.69) is 5.10 Å². The zero-order chi connectivity index (χ0) is 15.2. The molecule has 3 rings (SSSR count). The Kier molecular flexibility index (Phi) is 3.41. The molecule has 0 N–H and O–H groups in total. The summed E-state index contributed by atoms with van der Waals surface area (Å²) < 4.78 is 30.7. The first kappa shape index (κ1) is 14.3. The lowest BCUT2D eigenvalue weighted by Crippen LogP contribution is -2.25. The smallest absolute Gasteiger partial charge is 0.247 e. The van der Waals surface area contributed by atoms with Gasteiger partial charge in [0.2, 0.25) is 10.0 Å². The molecule has 0 saturated heterocycles. The van der Waals surface area contributed by atoms with Gasteiger partial charge >= 0.3 is 0 Å². The summed E-state index contributed by atoms with van der Waals surface area (Å²) in [7, 11) is -3.41. The predicted molar refractivity (Wildman–Crippen MR) is 83.1 cm³/mol. The summed E-state index contributed by atoms with van der Waals surface area (Å²) >= 11 is 1.54. The number of nitrogens with zero attached hydrogens (tertiary/aromatic N) is 2. The number of thiophene rings is 1. The molecule has 0 spiro atoms. The lowest BCUT2D eigenvalue weighted by molar-refractivity contribution is 0.379. The fraction of sp³-hybridized carbons (Fsp3) is 0.357. The van der Waals surface area contributed by atoms with Gasteiger partial charge in [-0.25, -0.2) is 8.42 Å². The van der Waals surface area contributed by atoms with Crippen molar-refractivity contribution < 1.29 is 12.8 Å². The minimum atomic E-state index is -3.41. The van der Waals surface area contributed by atoms with Crippen LogP contribution < -0.4 is 0 Å². The molecule has 2 aromatic rings. The van der Waals surface area contributed by atoms with Crippen molar-refractivity contribution in [1.29, 1.82) is 0 Å². The zero-order valence-corrected chi connectivity index (χ0v) is 13.7. The molecule has 1 aliphatic rings. The van der Waals surface area contributed by atoms with E-state index in [1.54, 1.807) is 17.6 Å². The van der Waals surface area contributed by atoms with Crippen LogP contribution in [0.2, 0.25) is 0 Å². The van der Waals surface area contributed by atoms with Gasteiger partial charge in [0.05, 0.1) is 18.2 Å². The molecular weight excluding hydrogens is 308 g/mol. The van der Waals surface area contributed by atoms with Crippen molar-refractivity contribution >= 4 is 27.1 Å². The highest BCUT2D eigenvalue weighted by atomic mass is 32.2. The van der Waals surface area contributed by atoms with Crippen LogP contribution in [0, 0.1) is 13.8 Å². The molecule has 5 nitrogen and oxygen atoms in total.